The van der Waals surface area contributed by atoms with Crippen LogP contribution in [0.15, 0.2) is 9.59 Å². The van der Waals surface area contributed by atoms with Crippen LogP contribution in [0.3, 0.4) is 0 Å². The summed E-state index contributed by atoms with van der Waals surface area (Å²) >= 11 is 0. The van der Waals surface area contributed by atoms with Gasteiger partial charge in [-0.2, -0.15) is 0 Å². The van der Waals surface area contributed by atoms with Gasteiger partial charge in [-0.05, 0) is 12.8 Å². The molecule has 7 N–H and O–H groups in total. The number of nitrogens with zero attached hydrogens (tertiary/aromatic N) is 4. The third kappa shape index (κ3) is 2.17. The largest absolute Gasteiger partial charge is 0.391 e. The first kappa shape index (κ1) is 15.1. The van der Waals surface area contributed by atoms with Gasteiger partial charge in [-0.1, -0.05) is 0 Å². The molecule has 2 aromatic heterocycles. The smallest absolute Gasteiger partial charge is 0.292 e. The lowest BCUT2D eigenvalue weighted by atomic mass is 10.4. The van der Waals surface area contributed by atoms with E-state index in [4.69, 9.17) is 17.2 Å². The molecule has 0 aliphatic carbocycles. The summed E-state index contributed by atoms with van der Waals surface area (Å²) in [7, 11) is 1.78. The van der Waals surface area contributed by atoms with Crippen LogP contribution in [0.4, 0.5) is 23.0 Å². The Bertz CT molecular complexity index is 853. The molecule has 0 radical (unpaired) electrons. The molecule has 0 bridgehead atoms. The van der Waals surface area contributed by atoms with Gasteiger partial charge in [-0.25, -0.2) is 9.36 Å². The number of fused-ring (bicyclic) bond motifs is 2. The minimum Gasteiger partial charge on any atom is -0.391 e. The number of rotatable bonds is 1. The van der Waals surface area contributed by atoms with Gasteiger partial charge in [0.25, 0.3) is 11.1 Å². The summed E-state index contributed by atoms with van der Waals surface area (Å²) in [4.78, 5) is 22.6. The van der Waals surface area contributed by atoms with Crippen molar-refractivity contribution >= 4 is 23.0 Å². The molecule has 23 heavy (non-hydrogen) atoms. The van der Waals surface area contributed by atoms with E-state index < -0.39 is 0 Å². The topological polar surface area (TPSA) is 144 Å². The van der Waals surface area contributed by atoms with Crippen LogP contribution in [-0.2, 0) is 26.2 Å². The first-order valence-corrected chi connectivity index (χ1v) is 7.58. The number of aromatic nitrogens is 4. The second-order valence-electron chi connectivity index (χ2n) is 5.62. The summed E-state index contributed by atoms with van der Waals surface area (Å²) in [5, 5.41) is 2.93. The molecule has 0 saturated carbocycles. The van der Waals surface area contributed by atoms with Gasteiger partial charge in [0.2, 0.25) is 0 Å². The van der Waals surface area contributed by atoms with Crippen LogP contribution < -0.4 is 33.6 Å². The zero-order valence-electron chi connectivity index (χ0n) is 13.1. The summed E-state index contributed by atoms with van der Waals surface area (Å²) in [5.41, 5.74) is 16.9. The number of nitrogens with two attached hydrogens (primary N) is 3. The van der Waals surface area contributed by atoms with E-state index in [0.717, 1.165) is 44.8 Å². The van der Waals surface area contributed by atoms with Crippen LogP contribution in [0.1, 0.15) is 12.8 Å². The lowest BCUT2D eigenvalue weighted by Crippen LogP contribution is -2.18. The van der Waals surface area contributed by atoms with E-state index in [2.05, 4.69) is 5.32 Å². The second kappa shape index (κ2) is 5.45. The number of hydrogen-bond donors (Lipinski definition) is 4. The predicted octanol–water partition coefficient (Wildman–Crippen LogP) is -1.10. The number of nitrogen functional groups attached to an aromatic ring is 3. The molecule has 0 aromatic carbocycles. The zero-order chi connectivity index (χ0) is 16.7. The average molecular weight is 322 g/mol. The molecule has 0 fully saturated rings. The van der Waals surface area contributed by atoms with Crippen molar-refractivity contribution in [3.63, 3.8) is 0 Å². The van der Waals surface area contributed by atoms with Crippen LogP contribution in [0.25, 0.3) is 0 Å². The molecule has 2 aliphatic heterocycles. The summed E-state index contributed by atoms with van der Waals surface area (Å²) in [5.74, 6) is 1.16. The maximum atomic E-state index is 11.4. The van der Waals surface area contributed by atoms with Crippen molar-refractivity contribution in [1.82, 2.24) is 18.7 Å². The number of hydrogen-bond acceptors (Lipinski definition) is 6. The van der Waals surface area contributed by atoms with Crippen LogP contribution in [-0.4, -0.2) is 25.8 Å². The Morgan fingerprint density at radius 1 is 0.783 bits per heavy atom. The van der Waals surface area contributed by atoms with Gasteiger partial charge in [0, 0.05) is 33.2 Å². The maximum Gasteiger partial charge on any atom is 0.292 e. The lowest BCUT2D eigenvalue weighted by molar-refractivity contribution is 0.600. The fourth-order valence-corrected chi connectivity index (χ4v) is 3.16. The van der Waals surface area contributed by atoms with Crippen LogP contribution in [0.5, 0.6) is 0 Å². The van der Waals surface area contributed by atoms with E-state index in [1.807, 2.05) is 4.68 Å². The number of nitrogens with one attached hydrogen (secondary N) is 1. The molecule has 4 rings (SSSR count). The third-order valence-corrected chi connectivity index (χ3v) is 4.30. The summed E-state index contributed by atoms with van der Waals surface area (Å²) in [6, 6.07) is 0. The molecule has 2 aliphatic rings. The highest BCUT2D eigenvalue weighted by molar-refractivity contribution is 5.60. The lowest BCUT2D eigenvalue weighted by Gasteiger charge is -2.03. The molecule has 2 aromatic rings. The molecule has 126 valence electrons. The Morgan fingerprint density at radius 3 is 1.83 bits per heavy atom. The van der Waals surface area contributed by atoms with E-state index in [1.54, 1.807) is 21.1 Å². The highest BCUT2D eigenvalue weighted by atomic mass is 16.1. The molecule has 10 nitrogen and oxygen atoms in total. The van der Waals surface area contributed by atoms with E-state index in [0.29, 0.717) is 11.5 Å². The van der Waals surface area contributed by atoms with E-state index in [1.165, 1.54) is 0 Å². The van der Waals surface area contributed by atoms with Crippen LogP contribution >= 0.6 is 0 Å². The van der Waals surface area contributed by atoms with E-state index in [-0.39, 0.29) is 16.8 Å². The van der Waals surface area contributed by atoms with Gasteiger partial charge in [0.05, 0.1) is 0 Å². The second-order valence-corrected chi connectivity index (χ2v) is 5.62. The predicted molar refractivity (Wildman–Crippen MR) is 89.4 cm³/mol. The highest BCUT2D eigenvalue weighted by Crippen LogP contribution is 2.19. The van der Waals surface area contributed by atoms with Gasteiger partial charge in [0.1, 0.15) is 23.0 Å². The molecule has 4 heterocycles. The van der Waals surface area contributed by atoms with Crippen molar-refractivity contribution in [1.29, 1.82) is 0 Å². The minimum absolute atomic E-state index is 0.0724. The average Bonchev–Trinajstić information content (AvgIpc) is 3.28. The van der Waals surface area contributed by atoms with Gasteiger partial charge in [-0.3, -0.25) is 19.0 Å². The van der Waals surface area contributed by atoms with Crippen molar-refractivity contribution in [2.75, 3.05) is 29.6 Å². The minimum atomic E-state index is -0.153. The normalized spacial score (nSPS) is 15.0. The molecule has 0 saturated heterocycles. The Morgan fingerprint density at radius 2 is 1.26 bits per heavy atom. The van der Waals surface area contributed by atoms with Crippen LogP contribution in [0, 0.1) is 0 Å². The third-order valence-electron chi connectivity index (χ3n) is 4.30. The van der Waals surface area contributed by atoms with Crippen molar-refractivity contribution in [2.24, 2.45) is 0 Å². The Labute approximate surface area is 132 Å². The fourth-order valence-electron chi connectivity index (χ4n) is 3.16. The zero-order valence-corrected chi connectivity index (χ0v) is 13.1. The molecular weight excluding hydrogens is 300 g/mol. The summed E-state index contributed by atoms with van der Waals surface area (Å²) in [6.07, 6.45) is 1.99. The molecule has 0 amide bonds. The Kier molecular flexibility index (Phi) is 3.58. The molecule has 0 unspecified atom stereocenters. The maximum absolute atomic E-state index is 11.4. The first-order chi connectivity index (χ1) is 11.0. The first-order valence-electron chi connectivity index (χ1n) is 7.58. The SMILES string of the molecule is CNc1c(N)c(=O)n2n1CCC2.Nc1c(N)n2n(c1=O)CCC2. The fraction of sp³-hybridized carbons (Fsp3) is 0.538. The van der Waals surface area contributed by atoms with Crippen molar-refractivity contribution < 1.29 is 0 Å². The molecule has 10 heteroatoms. The van der Waals surface area contributed by atoms with E-state index in [9.17, 15) is 9.59 Å². The summed E-state index contributed by atoms with van der Waals surface area (Å²) in [6.45, 7) is 3.20. The van der Waals surface area contributed by atoms with Crippen molar-refractivity contribution in [2.45, 2.75) is 39.0 Å². The summed E-state index contributed by atoms with van der Waals surface area (Å²) < 4.78 is 6.90. The molecule has 0 atom stereocenters. The Hall–Kier alpha value is -2.78. The monoisotopic (exact) mass is 322 g/mol. The quantitative estimate of drug-likeness (QED) is 0.524. The van der Waals surface area contributed by atoms with Gasteiger partial charge in [-0.15, -0.1) is 0 Å². The molecular formula is C13H22N8O2. The van der Waals surface area contributed by atoms with Crippen LogP contribution in [0.2, 0.25) is 0 Å². The highest BCUT2D eigenvalue weighted by Gasteiger charge is 2.20. The van der Waals surface area contributed by atoms with Gasteiger partial charge < -0.3 is 22.5 Å². The molecule has 0 spiro atoms. The number of anilines is 4. The standard InChI is InChI=1S/C7H12N4O.C6H10N4O/c1-9-6-5(8)7(12)11-4-2-3-10(6)11;7-4-5(8)9-2-1-3-10(9)6(4)11/h9H,2-4,8H2,1H3;1-3,7-8H2. The van der Waals surface area contributed by atoms with Crippen molar-refractivity contribution in [3.8, 4) is 0 Å². The van der Waals surface area contributed by atoms with Gasteiger partial charge in [0.15, 0.2) is 0 Å². The van der Waals surface area contributed by atoms with Crippen molar-refractivity contribution in [3.05, 3.63) is 20.7 Å². The van der Waals surface area contributed by atoms with Gasteiger partial charge >= 0.3 is 0 Å². The van der Waals surface area contributed by atoms with E-state index >= 15 is 0 Å². The Balaban J connectivity index is 0.000000136.